The highest BCUT2D eigenvalue weighted by molar-refractivity contribution is 7.90. The quantitative estimate of drug-likeness (QED) is 0.674. The van der Waals surface area contributed by atoms with E-state index >= 15 is 0 Å². The summed E-state index contributed by atoms with van der Waals surface area (Å²) in [5.41, 5.74) is 3.07. The van der Waals surface area contributed by atoms with Gasteiger partial charge in [0.1, 0.15) is 5.69 Å². The zero-order valence-electron chi connectivity index (χ0n) is 13.3. The lowest BCUT2D eigenvalue weighted by molar-refractivity contribution is 0.602. The molecule has 0 bridgehead atoms. The van der Waals surface area contributed by atoms with Crippen molar-refractivity contribution in [3.63, 3.8) is 0 Å². The number of pyridine rings is 1. The molecule has 0 amide bonds. The molecule has 0 saturated heterocycles. The summed E-state index contributed by atoms with van der Waals surface area (Å²) in [5, 5.41) is 4.43. The van der Waals surface area contributed by atoms with Crippen LogP contribution in [-0.2, 0) is 9.84 Å². The first kappa shape index (κ1) is 16.0. The summed E-state index contributed by atoms with van der Waals surface area (Å²) in [6.45, 7) is 1.88. The molecule has 0 fully saturated rings. The zero-order chi connectivity index (χ0) is 17.2. The fourth-order valence-corrected chi connectivity index (χ4v) is 2.76. The number of rotatable bonds is 2. The number of benzene rings is 1. The third kappa shape index (κ3) is 3.53. The first-order chi connectivity index (χ1) is 11.4. The Kier molecular flexibility index (Phi) is 4.19. The van der Waals surface area contributed by atoms with Gasteiger partial charge in [0.25, 0.3) is 0 Å². The van der Waals surface area contributed by atoms with E-state index < -0.39 is 9.84 Å². The van der Waals surface area contributed by atoms with Crippen LogP contribution in [0.4, 0.5) is 0 Å². The third-order valence-electron chi connectivity index (χ3n) is 3.42. The lowest BCUT2D eigenvalue weighted by atomic mass is 10.2. The predicted molar refractivity (Wildman–Crippen MR) is 91.6 cm³/mol. The Labute approximate surface area is 140 Å². The molecule has 0 spiro atoms. The van der Waals surface area contributed by atoms with Crippen molar-refractivity contribution < 1.29 is 8.42 Å². The molecule has 0 atom stereocenters. The molecule has 120 valence electrons. The van der Waals surface area contributed by atoms with Crippen molar-refractivity contribution in [1.82, 2.24) is 14.8 Å². The average molecular weight is 337 g/mol. The molecule has 0 radical (unpaired) electrons. The summed E-state index contributed by atoms with van der Waals surface area (Å²) < 4.78 is 24.7. The van der Waals surface area contributed by atoms with Crippen molar-refractivity contribution in [2.45, 2.75) is 11.8 Å². The number of sulfone groups is 1. The number of hydrogen-bond acceptors (Lipinski definition) is 4. The maximum atomic E-state index is 11.5. The predicted octanol–water partition coefficient (Wildman–Crippen LogP) is 2.38. The summed E-state index contributed by atoms with van der Waals surface area (Å²) in [6, 6.07) is 12.2. The topological polar surface area (TPSA) is 64.8 Å². The van der Waals surface area contributed by atoms with Crippen molar-refractivity contribution in [2.24, 2.45) is 0 Å². The molecule has 0 saturated carbocycles. The van der Waals surface area contributed by atoms with Crippen LogP contribution in [0.2, 0.25) is 0 Å². The highest BCUT2D eigenvalue weighted by Gasteiger charge is 2.08. The van der Waals surface area contributed by atoms with Crippen molar-refractivity contribution in [2.75, 3.05) is 6.26 Å². The van der Waals surface area contributed by atoms with Gasteiger partial charge in [0.2, 0.25) is 0 Å². The lowest BCUT2D eigenvalue weighted by Crippen LogP contribution is -1.99. The van der Waals surface area contributed by atoms with E-state index in [4.69, 9.17) is 0 Å². The largest absolute Gasteiger partial charge is 0.248 e. The summed E-state index contributed by atoms with van der Waals surface area (Å²) in [6.07, 6.45) is 4.70. The minimum atomic E-state index is -3.20. The molecule has 0 aliphatic heterocycles. The Bertz CT molecular complexity index is 1030. The maximum Gasteiger partial charge on any atom is 0.175 e. The van der Waals surface area contributed by atoms with Crippen LogP contribution in [0.5, 0.6) is 0 Å². The van der Waals surface area contributed by atoms with Crippen LogP contribution in [-0.4, -0.2) is 29.4 Å². The third-order valence-corrected chi connectivity index (χ3v) is 4.55. The second-order valence-electron chi connectivity index (χ2n) is 5.30. The van der Waals surface area contributed by atoms with Gasteiger partial charge in [0, 0.05) is 18.6 Å². The molecular weight excluding hydrogens is 322 g/mol. The highest BCUT2D eigenvalue weighted by atomic mass is 32.2. The van der Waals surface area contributed by atoms with Crippen LogP contribution in [0, 0.1) is 18.8 Å². The summed E-state index contributed by atoms with van der Waals surface area (Å²) in [4.78, 5) is 4.45. The number of nitrogens with zero attached hydrogens (tertiary/aromatic N) is 3. The molecule has 5 nitrogen and oxygen atoms in total. The van der Waals surface area contributed by atoms with Gasteiger partial charge in [0.15, 0.2) is 9.84 Å². The number of aromatic nitrogens is 3. The van der Waals surface area contributed by atoms with Crippen LogP contribution in [0.1, 0.15) is 17.0 Å². The van der Waals surface area contributed by atoms with Crippen molar-refractivity contribution >= 4 is 9.84 Å². The molecule has 3 rings (SSSR count). The van der Waals surface area contributed by atoms with Gasteiger partial charge in [0.05, 0.1) is 21.8 Å². The van der Waals surface area contributed by atoms with E-state index in [1.54, 1.807) is 35.1 Å². The van der Waals surface area contributed by atoms with Gasteiger partial charge < -0.3 is 0 Å². The molecule has 0 aliphatic rings. The minimum Gasteiger partial charge on any atom is -0.248 e. The monoisotopic (exact) mass is 337 g/mol. The molecule has 3 aromatic rings. The Balaban J connectivity index is 1.91. The van der Waals surface area contributed by atoms with Gasteiger partial charge in [-0.25, -0.2) is 18.1 Å². The first-order valence-electron chi connectivity index (χ1n) is 7.23. The van der Waals surface area contributed by atoms with E-state index in [2.05, 4.69) is 21.9 Å². The van der Waals surface area contributed by atoms with Gasteiger partial charge in [-0.3, -0.25) is 0 Å². The molecule has 6 heteroatoms. The second-order valence-corrected chi connectivity index (χ2v) is 7.32. The molecule has 0 aliphatic carbocycles. The Morgan fingerprint density at radius 2 is 1.79 bits per heavy atom. The van der Waals surface area contributed by atoms with E-state index in [0.29, 0.717) is 5.69 Å². The summed E-state index contributed by atoms with van der Waals surface area (Å²) in [5.74, 6) is 6.07. The van der Waals surface area contributed by atoms with Crippen molar-refractivity contribution in [3.05, 3.63) is 71.8 Å². The lowest BCUT2D eigenvalue weighted by Gasteiger charge is -2.02. The average Bonchev–Trinajstić information content (AvgIpc) is 2.94. The van der Waals surface area contributed by atoms with E-state index in [9.17, 15) is 8.42 Å². The molecule has 24 heavy (non-hydrogen) atoms. The van der Waals surface area contributed by atoms with Gasteiger partial charge >= 0.3 is 0 Å². The van der Waals surface area contributed by atoms with Crippen LogP contribution in [0.15, 0.2) is 59.8 Å². The van der Waals surface area contributed by atoms with E-state index in [1.165, 1.54) is 6.26 Å². The van der Waals surface area contributed by atoms with Crippen LogP contribution in [0.3, 0.4) is 0 Å². The molecular formula is C18H15N3O2S. The Morgan fingerprint density at radius 3 is 2.42 bits per heavy atom. The van der Waals surface area contributed by atoms with Crippen LogP contribution in [0.25, 0.3) is 5.69 Å². The second kappa shape index (κ2) is 6.30. The minimum absolute atomic E-state index is 0.283. The molecule has 1 aromatic carbocycles. The van der Waals surface area contributed by atoms with Gasteiger partial charge in [-0.15, -0.1) is 0 Å². The SMILES string of the molecule is Cc1nn(-c2ccc(S(C)(=O)=O)cc2)cc1C#Cc1ccccn1. The van der Waals surface area contributed by atoms with Crippen molar-refractivity contribution in [1.29, 1.82) is 0 Å². The zero-order valence-corrected chi connectivity index (χ0v) is 14.1. The number of hydrogen-bond donors (Lipinski definition) is 0. The van der Waals surface area contributed by atoms with Gasteiger partial charge in [-0.2, -0.15) is 5.10 Å². The van der Waals surface area contributed by atoms with Gasteiger partial charge in [-0.1, -0.05) is 12.0 Å². The summed E-state index contributed by atoms with van der Waals surface area (Å²) in [7, 11) is -3.20. The first-order valence-corrected chi connectivity index (χ1v) is 9.12. The smallest absolute Gasteiger partial charge is 0.175 e. The highest BCUT2D eigenvalue weighted by Crippen LogP contribution is 2.15. The van der Waals surface area contributed by atoms with E-state index in [-0.39, 0.29) is 4.90 Å². The molecule has 0 unspecified atom stereocenters. The van der Waals surface area contributed by atoms with Crippen molar-refractivity contribution in [3.8, 4) is 17.5 Å². The Hall–Kier alpha value is -2.91. The standard InChI is InChI=1S/C18H15N3O2S/c1-14-15(6-7-16-5-3-4-12-19-16)13-21(20-14)17-8-10-18(11-9-17)24(2,22)23/h3-5,8-13H,1-2H3. The fraction of sp³-hybridized carbons (Fsp3) is 0.111. The van der Waals surface area contributed by atoms with Crippen LogP contribution >= 0.6 is 0 Å². The molecule has 2 aromatic heterocycles. The number of aryl methyl sites for hydroxylation is 1. The molecule has 0 N–H and O–H groups in total. The maximum absolute atomic E-state index is 11.5. The van der Waals surface area contributed by atoms with E-state index in [1.807, 2.05) is 31.3 Å². The Morgan fingerprint density at radius 1 is 1.04 bits per heavy atom. The van der Waals surface area contributed by atoms with Crippen LogP contribution < -0.4 is 0 Å². The van der Waals surface area contributed by atoms with E-state index in [0.717, 1.165) is 16.9 Å². The fourth-order valence-electron chi connectivity index (χ4n) is 2.13. The molecule has 2 heterocycles. The summed E-state index contributed by atoms with van der Waals surface area (Å²) >= 11 is 0. The van der Waals surface area contributed by atoms with Gasteiger partial charge in [-0.05, 0) is 49.2 Å². The normalized spacial score (nSPS) is 10.9.